The molecule has 0 heterocycles. The fourth-order valence-electron chi connectivity index (χ4n) is 2.80. The monoisotopic (exact) mass is 463 g/mol. The van der Waals surface area contributed by atoms with Gasteiger partial charge in [-0.3, -0.25) is 0 Å². The minimum Gasteiger partial charge on any atom is -0.493 e. The van der Waals surface area contributed by atoms with Crippen LogP contribution in [0.2, 0.25) is 5.02 Å². The predicted octanol–water partition coefficient (Wildman–Crippen LogP) is 6.75. The minimum atomic E-state index is -0.316. The largest absolute Gasteiger partial charge is 0.493 e. The Morgan fingerprint density at radius 3 is 2.61 bits per heavy atom. The first kappa shape index (κ1) is 20.5. The minimum absolute atomic E-state index is 0.0679. The molecule has 0 aliphatic carbocycles. The molecular weight excluding hydrogens is 445 g/mol. The maximum atomic E-state index is 13.8. The van der Waals surface area contributed by atoms with E-state index in [9.17, 15) is 4.39 Å². The number of ether oxygens (including phenoxy) is 2. The zero-order valence-corrected chi connectivity index (χ0v) is 17.9. The fourth-order valence-corrected chi connectivity index (χ4v) is 3.57. The summed E-state index contributed by atoms with van der Waals surface area (Å²) in [6, 6.07) is 16.2. The van der Waals surface area contributed by atoms with Gasteiger partial charge >= 0.3 is 0 Å². The van der Waals surface area contributed by atoms with E-state index in [0.29, 0.717) is 28.6 Å². The number of halogens is 3. The summed E-state index contributed by atoms with van der Waals surface area (Å²) in [6.45, 7) is 2.69. The van der Waals surface area contributed by atoms with Crippen LogP contribution in [-0.2, 0) is 13.2 Å². The Labute approximate surface area is 177 Å². The van der Waals surface area contributed by atoms with Crippen molar-refractivity contribution in [3.8, 4) is 11.5 Å². The highest BCUT2D eigenvalue weighted by Gasteiger charge is 2.13. The van der Waals surface area contributed by atoms with Gasteiger partial charge < -0.3 is 14.8 Å². The van der Waals surface area contributed by atoms with Crippen molar-refractivity contribution in [1.82, 2.24) is 0 Å². The summed E-state index contributed by atoms with van der Waals surface area (Å²) in [7, 11) is 1.55. The molecule has 6 heteroatoms. The summed E-state index contributed by atoms with van der Waals surface area (Å²) in [4.78, 5) is 0. The van der Waals surface area contributed by atoms with Gasteiger partial charge in [0.25, 0.3) is 0 Å². The van der Waals surface area contributed by atoms with Gasteiger partial charge in [-0.05, 0) is 54.4 Å². The van der Waals surface area contributed by atoms with Crippen LogP contribution in [0, 0.1) is 12.7 Å². The number of nitrogens with one attached hydrogen (secondary N) is 1. The molecule has 0 radical (unpaired) electrons. The average Bonchev–Trinajstić information content (AvgIpc) is 2.67. The number of hydrogen-bond donors (Lipinski definition) is 1. The van der Waals surface area contributed by atoms with Gasteiger partial charge in [0.05, 0.1) is 12.1 Å². The van der Waals surface area contributed by atoms with Crippen LogP contribution in [0.3, 0.4) is 0 Å². The molecule has 0 spiro atoms. The summed E-state index contributed by atoms with van der Waals surface area (Å²) in [5.74, 6) is 0.590. The van der Waals surface area contributed by atoms with Crippen LogP contribution >= 0.6 is 27.5 Å². The number of aryl methyl sites for hydroxylation is 1. The third kappa shape index (κ3) is 4.97. The van der Waals surface area contributed by atoms with Gasteiger partial charge in [0.1, 0.15) is 12.4 Å². The van der Waals surface area contributed by atoms with Crippen molar-refractivity contribution in [2.45, 2.75) is 20.1 Å². The number of rotatable bonds is 7. The lowest BCUT2D eigenvalue weighted by molar-refractivity contribution is 0.280. The molecule has 3 rings (SSSR count). The van der Waals surface area contributed by atoms with Crippen LogP contribution in [0.25, 0.3) is 0 Å². The Kier molecular flexibility index (Phi) is 6.81. The van der Waals surface area contributed by atoms with Gasteiger partial charge in [-0.2, -0.15) is 0 Å². The molecular formula is C22H20BrClFNO2. The molecule has 0 aromatic heterocycles. The summed E-state index contributed by atoms with van der Waals surface area (Å²) < 4.78 is 26.0. The predicted molar refractivity (Wildman–Crippen MR) is 115 cm³/mol. The van der Waals surface area contributed by atoms with E-state index < -0.39 is 0 Å². The Bertz CT molecular complexity index is 981. The van der Waals surface area contributed by atoms with Gasteiger partial charge in [0.2, 0.25) is 0 Å². The smallest absolute Gasteiger partial charge is 0.180 e. The van der Waals surface area contributed by atoms with E-state index >= 15 is 0 Å². The van der Waals surface area contributed by atoms with Crippen molar-refractivity contribution >= 4 is 33.2 Å². The molecule has 3 nitrogen and oxygen atoms in total. The number of methoxy groups -OCH3 is 1. The van der Waals surface area contributed by atoms with Gasteiger partial charge in [-0.15, -0.1) is 0 Å². The van der Waals surface area contributed by atoms with Crippen LogP contribution in [-0.4, -0.2) is 7.11 Å². The van der Waals surface area contributed by atoms with E-state index in [-0.39, 0.29) is 12.4 Å². The van der Waals surface area contributed by atoms with Crippen molar-refractivity contribution in [3.63, 3.8) is 0 Å². The Hall–Kier alpha value is -2.24. The molecule has 0 aliphatic rings. The van der Waals surface area contributed by atoms with E-state index in [2.05, 4.69) is 27.3 Å². The molecule has 0 fully saturated rings. The third-order valence-electron chi connectivity index (χ3n) is 4.29. The highest BCUT2D eigenvalue weighted by Crippen LogP contribution is 2.37. The molecule has 0 unspecified atom stereocenters. The summed E-state index contributed by atoms with van der Waals surface area (Å²) in [6.07, 6.45) is 0. The maximum Gasteiger partial charge on any atom is 0.180 e. The molecule has 3 aromatic carbocycles. The van der Waals surface area contributed by atoms with Crippen molar-refractivity contribution in [2.75, 3.05) is 12.4 Å². The van der Waals surface area contributed by atoms with Crippen molar-refractivity contribution in [1.29, 1.82) is 0 Å². The highest BCUT2D eigenvalue weighted by atomic mass is 79.9. The molecule has 0 saturated carbocycles. The molecule has 0 bridgehead atoms. The molecule has 0 aliphatic heterocycles. The van der Waals surface area contributed by atoms with Gasteiger partial charge in [0, 0.05) is 22.3 Å². The van der Waals surface area contributed by atoms with E-state index in [1.165, 1.54) is 6.07 Å². The lowest BCUT2D eigenvalue weighted by Gasteiger charge is -2.16. The van der Waals surface area contributed by atoms with E-state index in [4.69, 9.17) is 21.1 Å². The van der Waals surface area contributed by atoms with Crippen LogP contribution in [0.5, 0.6) is 11.5 Å². The SMILES string of the molecule is COc1cc(CNc2ccc(Br)cc2C)cc(Cl)c1OCc1ccccc1F. The maximum absolute atomic E-state index is 13.8. The van der Waals surface area contributed by atoms with Crippen LogP contribution in [0.1, 0.15) is 16.7 Å². The quantitative estimate of drug-likeness (QED) is 0.419. The summed E-state index contributed by atoms with van der Waals surface area (Å²) in [5, 5.41) is 3.81. The van der Waals surface area contributed by atoms with E-state index in [1.807, 2.05) is 31.2 Å². The van der Waals surface area contributed by atoms with E-state index in [1.54, 1.807) is 25.3 Å². The van der Waals surface area contributed by atoms with Crippen molar-refractivity contribution in [2.24, 2.45) is 0 Å². The van der Waals surface area contributed by atoms with Crippen LogP contribution in [0.15, 0.2) is 59.1 Å². The topological polar surface area (TPSA) is 30.5 Å². The van der Waals surface area contributed by atoms with Crippen molar-refractivity contribution < 1.29 is 13.9 Å². The molecule has 1 N–H and O–H groups in total. The zero-order valence-electron chi connectivity index (χ0n) is 15.6. The normalized spacial score (nSPS) is 10.6. The molecule has 0 atom stereocenters. The van der Waals surface area contributed by atoms with Crippen LogP contribution in [0.4, 0.5) is 10.1 Å². The second-order valence-electron chi connectivity index (χ2n) is 6.30. The van der Waals surface area contributed by atoms with Gasteiger partial charge in [0.15, 0.2) is 11.5 Å². The number of hydrogen-bond acceptors (Lipinski definition) is 3. The third-order valence-corrected chi connectivity index (χ3v) is 5.06. The fraction of sp³-hybridized carbons (Fsp3) is 0.182. The van der Waals surface area contributed by atoms with Crippen molar-refractivity contribution in [3.05, 3.63) is 86.6 Å². The van der Waals surface area contributed by atoms with Gasteiger partial charge in [-0.25, -0.2) is 4.39 Å². The van der Waals surface area contributed by atoms with Gasteiger partial charge in [-0.1, -0.05) is 45.7 Å². The second-order valence-corrected chi connectivity index (χ2v) is 7.62. The second kappa shape index (κ2) is 9.30. The zero-order chi connectivity index (χ0) is 20.1. The molecule has 28 heavy (non-hydrogen) atoms. The average molecular weight is 465 g/mol. The van der Waals surface area contributed by atoms with E-state index in [0.717, 1.165) is 21.3 Å². The molecule has 0 amide bonds. The standard InChI is InChI=1S/C22H20BrClFNO2/c1-14-9-17(23)7-8-20(14)26-12-15-10-18(24)22(21(11-15)27-2)28-13-16-5-3-4-6-19(16)25/h3-11,26H,12-13H2,1-2H3. The number of anilines is 1. The lowest BCUT2D eigenvalue weighted by atomic mass is 10.1. The Balaban J connectivity index is 1.74. The number of benzene rings is 3. The first-order chi connectivity index (χ1) is 13.5. The lowest BCUT2D eigenvalue weighted by Crippen LogP contribution is -2.04. The molecule has 146 valence electrons. The molecule has 0 saturated heterocycles. The first-order valence-electron chi connectivity index (χ1n) is 8.70. The van der Waals surface area contributed by atoms with Crippen LogP contribution < -0.4 is 14.8 Å². The summed E-state index contributed by atoms with van der Waals surface area (Å²) in [5.41, 5.74) is 3.58. The Morgan fingerprint density at radius 2 is 1.89 bits per heavy atom. The highest BCUT2D eigenvalue weighted by molar-refractivity contribution is 9.10. The Morgan fingerprint density at radius 1 is 1.11 bits per heavy atom. The first-order valence-corrected chi connectivity index (χ1v) is 9.87. The summed E-state index contributed by atoms with van der Waals surface area (Å²) >= 11 is 9.89. The molecule has 3 aromatic rings.